The summed E-state index contributed by atoms with van der Waals surface area (Å²) < 4.78 is 21.0. The smallest absolute Gasteiger partial charge is 0.128 e. The minimum atomic E-state index is -0.337. The Bertz CT molecular complexity index is 432. The Morgan fingerprint density at radius 2 is 2.26 bits per heavy atom. The molecule has 1 aromatic rings. The van der Waals surface area contributed by atoms with E-state index < -0.39 is 0 Å². The van der Waals surface area contributed by atoms with Crippen LogP contribution >= 0.6 is 15.9 Å². The third-order valence-corrected chi connectivity index (χ3v) is 4.28. The second kappa shape index (κ2) is 6.33. The van der Waals surface area contributed by atoms with Crippen LogP contribution in [0.1, 0.15) is 44.7 Å². The van der Waals surface area contributed by atoms with Crippen LogP contribution < -0.4 is 5.32 Å². The Morgan fingerprint density at radius 3 is 2.89 bits per heavy atom. The standard InChI is InChI=1S/C15H21BrFNO/c1-3-18-14(15(2)8-4-5-9-19-15)12-10-11(16)6-7-13(12)17/h6-7,10,14,18H,3-5,8-9H2,1-2H3. The topological polar surface area (TPSA) is 21.3 Å². The molecular formula is C15H21BrFNO. The zero-order valence-electron chi connectivity index (χ0n) is 11.5. The number of ether oxygens (including phenoxy) is 1. The Balaban J connectivity index is 2.35. The summed E-state index contributed by atoms with van der Waals surface area (Å²) in [6, 6.07) is 4.98. The molecule has 0 radical (unpaired) electrons. The summed E-state index contributed by atoms with van der Waals surface area (Å²) >= 11 is 3.42. The lowest BCUT2D eigenvalue weighted by Gasteiger charge is -2.41. The summed E-state index contributed by atoms with van der Waals surface area (Å²) in [5.41, 5.74) is 0.344. The fraction of sp³-hybridized carbons (Fsp3) is 0.600. The first-order valence-electron chi connectivity index (χ1n) is 6.89. The average molecular weight is 330 g/mol. The molecule has 2 rings (SSSR count). The Hall–Kier alpha value is -0.450. The van der Waals surface area contributed by atoms with Crippen molar-refractivity contribution in [3.8, 4) is 0 Å². The normalized spacial score (nSPS) is 25.3. The van der Waals surface area contributed by atoms with Crippen LogP contribution in [0.3, 0.4) is 0 Å². The molecule has 0 aromatic heterocycles. The van der Waals surface area contributed by atoms with Crippen molar-refractivity contribution in [2.24, 2.45) is 0 Å². The maximum absolute atomic E-state index is 14.2. The van der Waals surface area contributed by atoms with Crippen molar-refractivity contribution in [2.45, 2.75) is 44.8 Å². The number of hydrogen-bond acceptors (Lipinski definition) is 2. The zero-order chi connectivity index (χ0) is 13.9. The van der Waals surface area contributed by atoms with Gasteiger partial charge in [-0.1, -0.05) is 22.9 Å². The van der Waals surface area contributed by atoms with Crippen LogP contribution in [-0.2, 0) is 4.74 Å². The van der Waals surface area contributed by atoms with Crippen LogP contribution in [0, 0.1) is 5.82 Å². The zero-order valence-corrected chi connectivity index (χ0v) is 13.1. The van der Waals surface area contributed by atoms with Gasteiger partial charge >= 0.3 is 0 Å². The molecule has 2 atom stereocenters. The van der Waals surface area contributed by atoms with E-state index in [-0.39, 0.29) is 17.5 Å². The van der Waals surface area contributed by atoms with Crippen LogP contribution in [-0.4, -0.2) is 18.8 Å². The average Bonchev–Trinajstić information content (AvgIpc) is 2.40. The van der Waals surface area contributed by atoms with Crippen molar-refractivity contribution >= 4 is 15.9 Å². The summed E-state index contributed by atoms with van der Waals surface area (Å²) in [6.07, 6.45) is 3.18. The van der Waals surface area contributed by atoms with Crippen molar-refractivity contribution in [3.63, 3.8) is 0 Å². The van der Waals surface area contributed by atoms with Crippen LogP contribution in [0.5, 0.6) is 0 Å². The molecule has 0 spiro atoms. The van der Waals surface area contributed by atoms with E-state index in [0.29, 0.717) is 5.56 Å². The number of rotatable bonds is 4. The van der Waals surface area contributed by atoms with Crippen molar-refractivity contribution < 1.29 is 9.13 Å². The lowest BCUT2D eigenvalue weighted by Crippen LogP contribution is -2.46. The number of hydrogen-bond donors (Lipinski definition) is 1. The number of likely N-dealkylation sites (N-methyl/N-ethyl adjacent to an activating group) is 1. The third-order valence-electron chi connectivity index (χ3n) is 3.79. The fourth-order valence-corrected chi connectivity index (χ4v) is 3.16. The molecule has 106 valence electrons. The number of benzene rings is 1. The van der Waals surface area contributed by atoms with E-state index in [9.17, 15) is 4.39 Å². The molecule has 2 nitrogen and oxygen atoms in total. The molecule has 1 saturated heterocycles. The summed E-state index contributed by atoms with van der Waals surface area (Å²) in [5.74, 6) is -0.176. The molecule has 4 heteroatoms. The molecule has 1 heterocycles. The summed E-state index contributed by atoms with van der Waals surface area (Å²) in [4.78, 5) is 0. The van der Waals surface area contributed by atoms with E-state index in [4.69, 9.17) is 4.74 Å². The van der Waals surface area contributed by atoms with Crippen LogP contribution in [0.4, 0.5) is 4.39 Å². The minimum Gasteiger partial charge on any atom is -0.373 e. The van der Waals surface area contributed by atoms with Gasteiger partial charge in [-0.15, -0.1) is 0 Å². The van der Waals surface area contributed by atoms with Crippen LogP contribution in [0.25, 0.3) is 0 Å². The quantitative estimate of drug-likeness (QED) is 0.893. The monoisotopic (exact) mass is 329 g/mol. The molecule has 1 aliphatic heterocycles. The predicted molar refractivity (Wildman–Crippen MR) is 78.7 cm³/mol. The van der Waals surface area contributed by atoms with E-state index in [1.807, 2.05) is 13.0 Å². The van der Waals surface area contributed by atoms with Gasteiger partial charge < -0.3 is 10.1 Å². The Kier molecular flexibility index (Phi) is 4.98. The molecule has 1 aromatic carbocycles. The molecule has 0 bridgehead atoms. The van der Waals surface area contributed by atoms with Gasteiger partial charge in [0.1, 0.15) is 5.82 Å². The number of halogens is 2. The van der Waals surface area contributed by atoms with Crippen molar-refractivity contribution in [2.75, 3.05) is 13.2 Å². The summed E-state index contributed by atoms with van der Waals surface area (Å²) in [7, 11) is 0. The van der Waals surface area contributed by atoms with E-state index in [1.165, 1.54) is 6.07 Å². The largest absolute Gasteiger partial charge is 0.373 e. The SMILES string of the molecule is CCNC(c1cc(Br)ccc1F)C1(C)CCCCO1. The van der Waals surface area contributed by atoms with E-state index in [0.717, 1.165) is 36.9 Å². The predicted octanol–water partition coefficient (Wildman–Crippen LogP) is 4.20. The van der Waals surface area contributed by atoms with Gasteiger partial charge in [0.2, 0.25) is 0 Å². The summed E-state index contributed by atoms with van der Waals surface area (Å²) in [6.45, 7) is 5.67. The first-order chi connectivity index (χ1) is 9.07. The highest BCUT2D eigenvalue weighted by Crippen LogP contribution is 2.38. The molecule has 1 fully saturated rings. The Morgan fingerprint density at radius 1 is 1.47 bits per heavy atom. The highest BCUT2D eigenvalue weighted by atomic mass is 79.9. The first-order valence-corrected chi connectivity index (χ1v) is 7.68. The van der Waals surface area contributed by atoms with E-state index >= 15 is 0 Å². The molecule has 0 amide bonds. The van der Waals surface area contributed by atoms with Gasteiger partial charge in [-0.25, -0.2) is 4.39 Å². The Labute approximate surface area is 122 Å². The lowest BCUT2D eigenvalue weighted by molar-refractivity contribution is -0.0901. The lowest BCUT2D eigenvalue weighted by atomic mass is 9.84. The molecule has 1 aliphatic rings. The molecule has 2 unspecified atom stereocenters. The van der Waals surface area contributed by atoms with Crippen molar-refractivity contribution in [1.29, 1.82) is 0 Å². The van der Waals surface area contributed by atoms with Gasteiger partial charge in [0.15, 0.2) is 0 Å². The molecular weight excluding hydrogens is 309 g/mol. The highest BCUT2D eigenvalue weighted by Gasteiger charge is 2.38. The maximum Gasteiger partial charge on any atom is 0.128 e. The molecule has 19 heavy (non-hydrogen) atoms. The second-order valence-electron chi connectivity index (χ2n) is 5.27. The summed E-state index contributed by atoms with van der Waals surface area (Å²) in [5, 5.41) is 3.39. The van der Waals surface area contributed by atoms with Gasteiger partial charge in [0.25, 0.3) is 0 Å². The molecule has 0 saturated carbocycles. The van der Waals surface area contributed by atoms with Crippen molar-refractivity contribution in [3.05, 3.63) is 34.1 Å². The van der Waals surface area contributed by atoms with Gasteiger partial charge in [0.05, 0.1) is 11.6 Å². The van der Waals surface area contributed by atoms with E-state index in [1.54, 1.807) is 6.07 Å². The highest BCUT2D eigenvalue weighted by molar-refractivity contribution is 9.10. The van der Waals surface area contributed by atoms with Gasteiger partial charge in [-0.2, -0.15) is 0 Å². The first kappa shape index (κ1) is 14.9. The minimum absolute atomic E-state index is 0.115. The molecule has 0 aliphatic carbocycles. The maximum atomic E-state index is 14.2. The van der Waals surface area contributed by atoms with Gasteiger partial charge in [0, 0.05) is 16.6 Å². The number of nitrogens with one attached hydrogen (secondary N) is 1. The van der Waals surface area contributed by atoms with E-state index in [2.05, 4.69) is 28.2 Å². The van der Waals surface area contributed by atoms with Crippen LogP contribution in [0.2, 0.25) is 0 Å². The molecule has 1 N–H and O–H groups in total. The fourth-order valence-electron chi connectivity index (χ4n) is 2.78. The van der Waals surface area contributed by atoms with Crippen LogP contribution in [0.15, 0.2) is 22.7 Å². The van der Waals surface area contributed by atoms with Gasteiger partial charge in [-0.3, -0.25) is 0 Å². The third kappa shape index (κ3) is 3.36. The van der Waals surface area contributed by atoms with Gasteiger partial charge in [-0.05, 0) is 50.9 Å². The second-order valence-corrected chi connectivity index (χ2v) is 6.19. The van der Waals surface area contributed by atoms with Crippen molar-refractivity contribution in [1.82, 2.24) is 5.32 Å².